The molecule has 0 aliphatic carbocycles. The third-order valence-electron chi connectivity index (χ3n) is 3.56. The number of hydrogen-bond donors (Lipinski definition) is 1. The standard InChI is InChI=1S/C17H9Cl2F4N3O/c18-12-8-13(19)14(20)7-11(12)16(27)25-9-1-3-10(4-2-9)26-15(5-6-24-26)17(21,22)23/h1-8H,(H,25,27). The lowest BCUT2D eigenvalue weighted by Gasteiger charge is -2.11. The molecule has 3 aromatic rings. The fourth-order valence-corrected chi connectivity index (χ4v) is 2.77. The van der Waals surface area contributed by atoms with Crippen LogP contribution in [0.2, 0.25) is 10.0 Å². The number of amides is 1. The van der Waals surface area contributed by atoms with Crippen molar-refractivity contribution in [2.75, 3.05) is 5.32 Å². The summed E-state index contributed by atoms with van der Waals surface area (Å²) in [4.78, 5) is 12.2. The van der Waals surface area contributed by atoms with Crippen LogP contribution in [0.1, 0.15) is 16.1 Å². The Balaban J connectivity index is 1.82. The number of hydrogen-bond acceptors (Lipinski definition) is 2. The second kappa shape index (κ2) is 7.21. The Morgan fingerprint density at radius 3 is 2.33 bits per heavy atom. The fraction of sp³-hybridized carbons (Fsp3) is 0.0588. The zero-order valence-corrected chi connectivity index (χ0v) is 14.7. The van der Waals surface area contributed by atoms with Gasteiger partial charge in [0, 0.05) is 5.69 Å². The van der Waals surface area contributed by atoms with E-state index in [9.17, 15) is 22.4 Å². The van der Waals surface area contributed by atoms with Gasteiger partial charge in [-0.15, -0.1) is 0 Å². The molecule has 0 radical (unpaired) electrons. The van der Waals surface area contributed by atoms with Gasteiger partial charge in [0.2, 0.25) is 0 Å². The number of nitrogens with one attached hydrogen (secondary N) is 1. The number of aromatic nitrogens is 2. The average Bonchev–Trinajstić information content (AvgIpc) is 3.09. The van der Waals surface area contributed by atoms with E-state index in [0.717, 1.165) is 29.1 Å². The number of benzene rings is 2. The Morgan fingerprint density at radius 2 is 1.70 bits per heavy atom. The Labute approximate surface area is 160 Å². The quantitative estimate of drug-likeness (QED) is 0.446. The van der Waals surface area contributed by atoms with Gasteiger partial charge >= 0.3 is 6.18 Å². The summed E-state index contributed by atoms with van der Waals surface area (Å²) >= 11 is 11.5. The first-order valence-corrected chi connectivity index (χ1v) is 8.10. The summed E-state index contributed by atoms with van der Waals surface area (Å²) in [6, 6.07) is 8.32. The van der Waals surface area contributed by atoms with E-state index in [-0.39, 0.29) is 27.0 Å². The van der Waals surface area contributed by atoms with Crippen LogP contribution in [0, 0.1) is 5.82 Å². The van der Waals surface area contributed by atoms with E-state index in [2.05, 4.69) is 10.4 Å². The third kappa shape index (κ3) is 4.06. The number of alkyl halides is 3. The molecule has 1 heterocycles. The molecular weight excluding hydrogens is 409 g/mol. The van der Waals surface area contributed by atoms with Gasteiger partial charge in [0.1, 0.15) is 11.5 Å². The minimum absolute atomic E-state index is 0.0399. The van der Waals surface area contributed by atoms with Gasteiger partial charge in [0.15, 0.2) is 0 Å². The summed E-state index contributed by atoms with van der Waals surface area (Å²) in [5, 5.41) is 5.87. The van der Waals surface area contributed by atoms with Crippen LogP contribution in [-0.2, 0) is 6.18 Å². The van der Waals surface area contributed by atoms with Crippen molar-refractivity contribution in [3.63, 3.8) is 0 Å². The molecule has 1 aromatic heterocycles. The van der Waals surface area contributed by atoms with Gasteiger partial charge in [0.25, 0.3) is 5.91 Å². The van der Waals surface area contributed by atoms with E-state index in [0.29, 0.717) is 0 Å². The minimum atomic E-state index is -4.56. The molecule has 0 fully saturated rings. The summed E-state index contributed by atoms with van der Waals surface area (Å²) in [6.45, 7) is 0. The van der Waals surface area contributed by atoms with Crippen molar-refractivity contribution in [1.29, 1.82) is 0 Å². The predicted octanol–water partition coefficient (Wildman–Crippen LogP) is 5.59. The molecule has 3 rings (SSSR count). The second-order valence-electron chi connectivity index (χ2n) is 5.37. The Hall–Kier alpha value is -2.58. The third-order valence-corrected chi connectivity index (χ3v) is 4.16. The monoisotopic (exact) mass is 417 g/mol. The van der Waals surface area contributed by atoms with E-state index in [1.54, 1.807) is 0 Å². The zero-order valence-electron chi connectivity index (χ0n) is 13.2. The highest BCUT2D eigenvalue weighted by Crippen LogP contribution is 2.31. The van der Waals surface area contributed by atoms with Crippen LogP contribution < -0.4 is 5.32 Å². The van der Waals surface area contributed by atoms with Crippen LogP contribution in [0.4, 0.5) is 23.2 Å². The highest BCUT2D eigenvalue weighted by molar-refractivity contribution is 6.37. The number of carbonyl (C=O) groups is 1. The maximum Gasteiger partial charge on any atom is 0.433 e. The van der Waals surface area contributed by atoms with Crippen LogP contribution >= 0.6 is 23.2 Å². The molecule has 2 aromatic carbocycles. The van der Waals surface area contributed by atoms with Crippen molar-refractivity contribution in [2.45, 2.75) is 6.18 Å². The van der Waals surface area contributed by atoms with Crippen molar-refractivity contribution < 1.29 is 22.4 Å². The maximum absolute atomic E-state index is 13.5. The lowest BCUT2D eigenvalue weighted by Crippen LogP contribution is -2.14. The second-order valence-corrected chi connectivity index (χ2v) is 6.19. The van der Waals surface area contributed by atoms with E-state index in [1.807, 2.05) is 0 Å². The summed E-state index contributed by atoms with van der Waals surface area (Å²) < 4.78 is 53.1. The van der Waals surface area contributed by atoms with Gasteiger partial charge in [-0.1, -0.05) is 23.2 Å². The first-order chi connectivity index (χ1) is 12.7. The predicted molar refractivity (Wildman–Crippen MR) is 92.9 cm³/mol. The number of anilines is 1. The number of halogens is 6. The van der Waals surface area contributed by atoms with Crippen LogP contribution in [0.25, 0.3) is 5.69 Å². The molecule has 0 spiro atoms. The van der Waals surface area contributed by atoms with Gasteiger partial charge in [-0.3, -0.25) is 4.79 Å². The van der Waals surface area contributed by atoms with Crippen molar-refractivity contribution >= 4 is 34.8 Å². The number of rotatable bonds is 3. The van der Waals surface area contributed by atoms with E-state index < -0.39 is 23.6 Å². The first-order valence-electron chi connectivity index (χ1n) is 7.34. The molecule has 0 aliphatic rings. The number of carbonyl (C=O) groups excluding carboxylic acids is 1. The van der Waals surface area contributed by atoms with Crippen LogP contribution in [0.3, 0.4) is 0 Å². The van der Waals surface area contributed by atoms with Gasteiger partial charge in [-0.25, -0.2) is 9.07 Å². The molecule has 10 heteroatoms. The summed E-state index contributed by atoms with van der Waals surface area (Å²) in [7, 11) is 0. The molecule has 1 N–H and O–H groups in total. The molecule has 27 heavy (non-hydrogen) atoms. The molecule has 0 atom stereocenters. The summed E-state index contributed by atoms with van der Waals surface area (Å²) in [5.41, 5.74) is -0.631. The lowest BCUT2D eigenvalue weighted by molar-refractivity contribution is -0.142. The largest absolute Gasteiger partial charge is 0.433 e. The molecule has 140 valence electrons. The average molecular weight is 418 g/mol. The minimum Gasteiger partial charge on any atom is -0.322 e. The Kier molecular flexibility index (Phi) is 5.12. The smallest absolute Gasteiger partial charge is 0.322 e. The molecule has 0 saturated carbocycles. The van der Waals surface area contributed by atoms with Gasteiger partial charge in [-0.2, -0.15) is 18.3 Å². The lowest BCUT2D eigenvalue weighted by atomic mass is 10.2. The normalized spacial score (nSPS) is 11.5. The summed E-state index contributed by atoms with van der Waals surface area (Å²) in [6.07, 6.45) is -3.52. The topological polar surface area (TPSA) is 46.9 Å². The fourth-order valence-electron chi connectivity index (χ4n) is 2.30. The molecule has 4 nitrogen and oxygen atoms in total. The number of nitrogens with zero attached hydrogens (tertiary/aromatic N) is 2. The molecule has 0 saturated heterocycles. The van der Waals surface area contributed by atoms with Gasteiger partial charge in [-0.05, 0) is 42.5 Å². The maximum atomic E-state index is 13.5. The van der Waals surface area contributed by atoms with E-state index in [1.165, 1.54) is 24.3 Å². The first kappa shape index (κ1) is 19.2. The molecule has 0 unspecified atom stereocenters. The molecule has 0 bridgehead atoms. The van der Waals surface area contributed by atoms with Gasteiger partial charge in [0.05, 0.1) is 27.5 Å². The van der Waals surface area contributed by atoms with E-state index in [4.69, 9.17) is 23.2 Å². The van der Waals surface area contributed by atoms with Crippen LogP contribution in [0.15, 0.2) is 48.7 Å². The van der Waals surface area contributed by atoms with Crippen molar-refractivity contribution in [1.82, 2.24) is 9.78 Å². The molecule has 1 amide bonds. The highest BCUT2D eigenvalue weighted by Gasteiger charge is 2.35. The van der Waals surface area contributed by atoms with Crippen molar-refractivity contribution in [2.24, 2.45) is 0 Å². The highest BCUT2D eigenvalue weighted by atomic mass is 35.5. The zero-order chi connectivity index (χ0) is 19.8. The SMILES string of the molecule is O=C(Nc1ccc(-n2nccc2C(F)(F)F)cc1)c1cc(F)c(Cl)cc1Cl. The molecular formula is C17H9Cl2F4N3O. The van der Waals surface area contributed by atoms with Crippen molar-refractivity contribution in [3.05, 3.63) is 75.8 Å². The Morgan fingerprint density at radius 1 is 1.04 bits per heavy atom. The van der Waals surface area contributed by atoms with Gasteiger partial charge < -0.3 is 5.32 Å². The van der Waals surface area contributed by atoms with Crippen molar-refractivity contribution in [3.8, 4) is 5.69 Å². The van der Waals surface area contributed by atoms with Crippen LogP contribution in [-0.4, -0.2) is 15.7 Å². The Bertz CT molecular complexity index is 1000. The van der Waals surface area contributed by atoms with E-state index >= 15 is 0 Å². The summed E-state index contributed by atoms with van der Waals surface area (Å²) in [5.74, 6) is -1.50. The molecule has 0 aliphatic heterocycles. The van der Waals surface area contributed by atoms with Crippen LogP contribution in [0.5, 0.6) is 0 Å².